The summed E-state index contributed by atoms with van der Waals surface area (Å²) in [6.45, 7) is -0.133. The molecular formula is C10H5Br2O3S2-. The number of carbonyl (C=O) groups is 1. The van der Waals surface area contributed by atoms with Crippen molar-refractivity contribution in [1.82, 2.24) is 0 Å². The van der Waals surface area contributed by atoms with Gasteiger partial charge < -0.3 is 15.0 Å². The monoisotopic (exact) mass is 395 g/mol. The van der Waals surface area contributed by atoms with Crippen molar-refractivity contribution >= 4 is 60.5 Å². The zero-order chi connectivity index (χ0) is 12.6. The Morgan fingerprint density at radius 3 is 2.41 bits per heavy atom. The summed E-state index contributed by atoms with van der Waals surface area (Å²) in [6.07, 6.45) is 0. The zero-order valence-electron chi connectivity index (χ0n) is 8.20. The predicted octanol–water partition coefficient (Wildman–Crippen LogP) is 2.86. The first-order valence-electron chi connectivity index (χ1n) is 4.41. The Kier molecular flexibility index (Phi) is 4.04. The van der Waals surface area contributed by atoms with Crippen molar-refractivity contribution in [3.63, 3.8) is 0 Å². The molecule has 0 aliphatic carbocycles. The molecule has 0 saturated carbocycles. The van der Waals surface area contributed by atoms with Gasteiger partial charge >= 0.3 is 0 Å². The average Bonchev–Trinajstić information content (AvgIpc) is 2.81. The molecule has 3 nitrogen and oxygen atoms in total. The second-order valence-electron chi connectivity index (χ2n) is 3.15. The SMILES string of the molecule is O=C([O-])c1csc(Br)c1-c1c(CO)csc1Br. The Labute approximate surface area is 122 Å². The van der Waals surface area contributed by atoms with Gasteiger partial charge in [-0.1, -0.05) is 0 Å². The largest absolute Gasteiger partial charge is 0.545 e. The van der Waals surface area contributed by atoms with Crippen molar-refractivity contribution in [3.8, 4) is 11.1 Å². The van der Waals surface area contributed by atoms with E-state index in [-0.39, 0.29) is 12.2 Å². The molecule has 2 aromatic rings. The molecule has 0 aliphatic heterocycles. The van der Waals surface area contributed by atoms with Crippen LogP contribution >= 0.6 is 54.5 Å². The van der Waals surface area contributed by atoms with Gasteiger partial charge in [-0.15, -0.1) is 22.7 Å². The first kappa shape index (κ1) is 13.2. The van der Waals surface area contributed by atoms with Crippen LogP contribution in [-0.4, -0.2) is 11.1 Å². The number of aromatic carboxylic acids is 1. The third-order valence-corrected chi connectivity index (χ3v) is 5.70. The summed E-state index contributed by atoms with van der Waals surface area (Å²) < 4.78 is 1.51. The fourth-order valence-corrected chi connectivity index (χ4v) is 4.44. The second-order valence-corrected chi connectivity index (χ2v) is 7.55. The van der Waals surface area contributed by atoms with E-state index in [4.69, 9.17) is 0 Å². The van der Waals surface area contributed by atoms with E-state index in [1.165, 1.54) is 28.1 Å². The van der Waals surface area contributed by atoms with E-state index < -0.39 is 5.97 Å². The lowest BCUT2D eigenvalue weighted by atomic mass is 10.0. The normalized spacial score (nSPS) is 10.8. The molecule has 0 aliphatic rings. The van der Waals surface area contributed by atoms with Crippen LogP contribution in [0, 0.1) is 0 Å². The number of carboxylic acids is 1. The Morgan fingerprint density at radius 1 is 1.24 bits per heavy atom. The summed E-state index contributed by atoms with van der Waals surface area (Å²) in [5.41, 5.74) is 2.11. The van der Waals surface area contributed by atoms with Crippen LogP contribution in [0.2, 0.25) is 0 Å². The molecule has 2 rings (SSSR count). The molecule has 90 valence electrons. The highest BCUT2D eigenvalue weighted by atomic mass is 79.9. The molecule has 0 atom stereocenters. The number of carbonyl (C=O) groups excluding carboxylic acids is 1. The number of aliphatic hydroxyl groups excluding tert-OH is 1. The molecule has 0 radical (unpaired) electrons. The fourth-order valence-electron chi connectivity index (χ4n) is 1.46. The van der Waals surface area contributed by atoms with Gasteiger partial charge in [-0.3, -0.25) is 0 Å². The molecule has 0 bridgehead atoms. The minimum Gasteiger partial charge on any atom is -0.545 e. The first-order chi connectivity index (χ1) is 8.06. The lowest BCUT2D eigenvalue weighted by Crippen LogP contribution is -2.22. The van der Waals surface area contributed by atoms with Gasteiger partial charge in [-0.25, -0.2) is 0 Å². The Bertz CT molecular complexity index is 574. The van der Waals surface area contributed by atoms with E-state index in [2.05, 4.69) is 31.9 Å². The van der Waals surface area contributed by atoms with Crippen LogP contribution in [0.1, 0.15) is 15.9 Å². The Balaban J connectivity index is 2.71. The van der Waals surface area contributed by atoms with Gasteiger partial charge in [0, 0.05) is 22.1 Å². The number of aliphatic hydroxyl groups is 1. The van der Waals surface area contributed by atoms with Gasteiger partial charge in [-0.2, -0.15) is 0 Å². The van der Waals surface area contributed by atoms with E-state index in [1.54, 1.807) is 5.38 Å². The van der Waals surface area contributed by atoms with Gasteiger partial charge in [0.05, 0.1) is 20.1 Å². The van der Waals surface area contributed by atoms with Crippen LogP contribution in [0.5, 0.6) is 0 Å². The predicted molar refractivity (Wildman–Crippen MR) is 73.3 cm³/mol. The van der Waals surface area contributed by atoms with Gasteiger partial charge in [0.1, 0.15) is 0 Å². The second kappa shape index (κ2) is 5.19. The number of thiophene rings is 2. The summed E-state index contributed by atoms with van der Waals surface area (Å²) in [5, 5.41) is 23.6. The van der Waals surface area contributed by atoms with Gasteiger partial charge in [0.2, 0.25) is 0 Å². The highest BCUT2D eigenvalue weighted by Gasteiger charge is 2.19. The van der Waals surface area contributed by atoms with Gasteiger partial charge in [0.15, 0.2) is 0 Å². The van der Waals surface area contributed by atoms with E-state index in [1.807, 2.05) is 0 Å². The highest BCUT2D eigenvalue weighted by Crippen LogP contribution is 2.44. The molecule has 7 heteroatoms. The molecule has 1 N–H and O–H groups in total. The maximum Gasteiger partial charge on any atom is 0.0784 e. The highest BCUT2D eigenvalue weighted by molar-refractivity contribution is 9.11. The lowest BCUT2D eigenvalue weighted by Gasteiger charge is -2.07. The van der Waals surface area contributed by atoms with Crippen LogP contribution in [0.15, 0.2) is 18.3 Å². The third kappa shape index (κ3) is 2.34. The van der Waals surface area contributed by atoms with Crippen LogP contribution in [0.3, 0.4) is 0 Å². The summed E-state index contributed by atoms with van der Waals surface area (Å²) in [6, 6.07) is 0. The van der Waals surface area contributed by atoms with Crippen molar-refractivity contribution in [2.75, 3.05) is 0 Å². The Hall–Kier alpha value is -0.210. The molecule has 2 aromatic heterocycles. The molecule has 2 heterocycles. The molecule has 0 fully saturated rings. The van der Waals surface area contributed by atoms with Crippen molar-refractivity contribution < 1.29 is 15.0 Å². The minimum absolute atomic E-state index is 0.133. The van der Waals surface area contributed by atoms with Crippen molar-refractivity contribution in [3.05, 3.63) is 29.5 Å². The number of hydrogen-bond donors (Lipinski definition) is 1. The van der Waals surface area contributed by atoms with Crippen LogP contribution in [-0.2, 0) is 6.61 Å². The summed E-state index contributed by atoms with van der Waals surface area (Å²) in [4.78, 5) is 11.0. The van der Waals surface area contributed by atoms with Crippen LogP contribution < -0.4 is 5.11 Å². The van der Waals surface area contributed by atoms with E-state index >= 15 is 0 Å². The quantitative estimate of drug-likeness (QED) is 0.867. The smallest absolute Gasteiger partial charge is 0.0784 e. The molecule has 17 heavy (non-hydrogen) atoms. The van der Waals surface area contributed by atoms with Gasteiger partial charge in [-0.05, 0) is 42.8 Å². The van der Waals surface area contributed by atoms with Crippen LogP contribution in [0.4, 0.5) is 0 Å². The number of rotatable bonds is 3. The fraction of sp³-hybridized carbons (Fsp3) is 0.100. The van der Waals surface area contributed by atoms with Crippen molar-refractivity contribution in [1.29, 1.82) is 0 Å². The van der Waals surface area contributed by atoms with Crippen molar-refractivity contribution in [2.45, 2.75) is 6.61 Å². The first-order valence-corrected chi connectivity index (χ1v) is 7.76. The van der Waals surface area contributed by atoms with Crippen LogP contribution in [0.25, 0.3) is 11.1 Å². The van der Waals surface area contributed by atoms with E-state index in [9.17, 15) is 15.0 Å². The summed E-state index contributed by atoms with van der Waals surface area (Å²) in [5.74, 6) is -1.22. The maximum absolute atomic E-state index is 11.0. The molecule has 0 unspecified atom stereocenters. The average molecular weight is 397 g/mol. The number of carboxylic acid groups (broad SMARTS) is 1. The minimum atomic E-state index is -1.22. The third-order valence-electron chi connectivity index (χ3n) is 2.21. The van der Waals surface area contributed by atoms with E-state index in [0.29, 0.717) is 20.5 Å². The maximum atomic E-state index is 11.0. The summed E-state index contributed by atoms with van der Waals surface area (Å²) in [7, 11) is 0. The topological polar surface area (TPSA) is 60.4 Å². The van der Waals surface area contributed by atoms with Gasteiger partial charge in [0.25, 0.3) is 0 Å². The molecular weight excluding hydrogens is 392 g/mol. The lowest BCUT2D eigenvalue weighted by molar-refractivity contribution is -0.254. The summed E-state index contributed by atoms with van der Waals surface area (Å²) >= 11 is 9.40. The number of halogens is 2. The standard InChI is InChI=1S/C10H6Br2O3S2/c11-8-6(4(1-13)2-16-8)7-5(10(14)15)3-17-9(7)12/h2-3,13H,1H2,(H,14,15)/p-1. The number of hydrogen-bond acceptors (Lipinski definition) is 5. The Morgan fingerprint density at radius 2 is 1.82 bits per heavy atom. The molecule has 0 aromatic carbocycles. The zero-order valence-corrected chi connectivity index (χ0v) is 13.0. The van der Waals surface area contributed by atoms with Crippen molar-refractivity contribution in [2.24, 2.45) is 0 Å². The molecule has 0 amide bonds. The van der Waals surface area contributed by atoms with E-state index in [0.717, 1.165) is 3.79 Å². The molecule has 0 saturated heterocycles. The molecule has 0 spiro atoms.